The number of guanidine groups is 1. The van der Waals surface area contributed by atoms with Gasteiger partial charge in [-0.2, -0.15) is 0 Å². The van der Waals surface area contributed by atoms with E-state index in [0.29, 0.717) is 11.7 Å². The van der Waals surface area contributed by atoms with Gasteiger partial charge in [-0.25, -0.2) is 4.99 Å². The molecule has 5 nitrogen and oxygen atoms in total. The van der Waals surface area contributed by atoms with Gasteiger partial charge in [0, 0.05) is 19.7 Å². The Morgan fingerprint density at radius 1 is 1.41 bits per heavy atom. The summed E-state index contributed by atoms with van der Waals surface area (Å²) in [5.41, 5.74) is 2.59. The average Bonchev–Trinajstić information content (AvgIpc) is 2.91. The van der Waals surface area contributed by atoms with Crippen molar-refractivity contribution in [1.82, 2.24) is 10.2 Å². The molecule has 3 rings (SSSR count). The number of piperidine rings is 1. The molecule has 1 saturated heterocycles. The lowest BCUT2D eigenvalue weighted by atomic mass is 9.99. The fraction of sp³-hybridized carbons (Fsp3) is 0.412. The van der Waals surface area contributed by atoms with Gasteiger partial charge in [-0.3, -0.25) is 10.1 Å². The fourth-order valence-corrected chi connectivity index (χ4v) is 2.83. The quantitative estimate of drug-likeness (QED) is 0.814. The minimum Gasteiger partial charge on any atom is -0.396 e. The maximum atomic E-state index is 12.1. The van der Waals surface area contributed by atoms with Gasteiger partial charge in [0.2, 0.25) is 5.96 Å². The zero-order chi connectivity index (χ0) is 15.5. The summed E-state index contributed by atoms with van der Waals surface area (Å²) >= 11 is 0. The molecule has 2 heterocycles. The molecule has 0 spiro atoms. The first-order valence-corrected chi connectivity index (χ1v) is 7.70. The van der Waals surface area contributed by atoms with Crippen LogP contribution in [0.4, 0.5) is 0 Å². The molecule has 0 unspecified atom stereocenters. The first-order valence-electron chi connectivity index (χ1n) is 7.70. The third kappa shape index (κ3) is 3.20. The Morgan fingerprint density at radius 2 is 2.18 bits per heavy atom. The number of likely N-dealkylation sites (tertiary alicyclic amines) is 1. The second-order valence-corrected chi connectivity index (χ2v) is 5.97. The van der Waals surface area contributed by atoms with Crippen LogP contribution in [0.15, 0.2) is 35.0 Å². The van der Waals surface area contributed by atoms with Crippen LogP contribution in [0.5, 0.6) is 0 Å². The molecule has 1 atom stereocenters. The van der Waals surface area contributed by atoms with Gasteiger partial charge in [-0.1, -0.05) is 29.8 Å². The molecule has 1 amide bonds. The second kappa shape index (κ2) is 6.32. The Labute approximate surface area is 130 Å². The van der Waals surface area contributed by atoms with E-state index in [1.165, 1.54) is 5.56 Å². The zero-order valence-electron chi connectivity index (χ0n) is 12.7. The van der Waals surface area contributed by atoms with E-state index < -0.39 is 0 Å². The van der Waals surface area contributed by atoms with Gasteiger partial charge >= 0.3 is 0 Å². The normalized spacial score (nSPS) is 23.6. The molecule has 116 valence electrons. The van der Waals surface area contributed by atoms with Crippen molar-refractivity contribution in [3.8, 4) is 0 Å². The molecule has 0 aliphatic carbocycles. The second-order valence-electron chi connectivity index (χ2n) is 5.97. The summed E-state index contributed by atoms with van der Waals surface area (Å²) in [6.07, 6.45) is 3.84. The van der Waals surface area contributed by atoms with Crippen molar-refractivity contribution in [3.05, 3.63) is 41.1 Å². The average molecular weight is 299 g/mol. The Hall–Kier alpha value is -2.14. The zero-order valence-corrected chi connectivity index (χ0v) is 12.7. The third-order valence-electron chi connectivity index (χ3n) is 4.14. The molecule has 1 fully saturated rings. The number of aliphatic hydroxyl groups is 1. The maximum absolute atomic E-state index is 12.1. The van der Waals surface area contributed by atoms with E-state index in [-0.39, 0.29) is 18.4 Å². The van der Waals surface area contributed by atoms with Crippen molar-refractivity contribution in [2.75, 3.05) is 19.7 Å². The largest absolute Gasteiger partial charge is 0.396 e. The highest BCUT2D eigenvalue weighted by atomic mass is 16.3. The maximum Gasteiger partial charge on any atom is 0.276 e. The number of amides is 1. The van der Waals surface area contributed by atoms with Crippen molar-refractivity contribution in [3.63, 3.8) is 0 Å². The van der Waals surface area contributed by atoms with Gasteiger partial charge in [0.1, 0.15) is 5.70 Å². The van der Waals surface area contributed by atoms with Crippen LogP contribution in [0.2, 0.25) is 0 Å². The highest BCUT2D eigenvalue weighted by Gasteiger charge is 2.28. The summed E-state index contributed by atoms with van der Waals surface area (Å²) in [4.78, 5) is 18.6. The van der Waals surface area contributed by atoms with E-state index in [0.717, 1.165) is 31.5 Å². The summed E-state index contributed by atoms with van der Waals surface area (Å²) in [5.74, 6) is 0.710. The van der Waals surface area contributed by atoms with Crippen LogP contribution >= 0.6 is 0 Å². The predicted molar refractivity (Wildman–Crippen MR) is 86.1 cm³/mol. The van der Waals surface area contributed by atoms with Gasteiger partial charge in [-0.05, 0) is 37.3 Å². The van der Waals surface area contributed by atoms with Gasteiger partial charge in [0.25, 0.3) is 5.91 Å². The number of aryl methyl sites for hydroxylation is 1. The minimum atomic E-state index is -0.165. The van der Waals surface area contributed by atoms with Gasteiger partial charge < -0.3 is 10.0 Å². The summed E-state index contributed by atoms with van der Waals surface area (Å²) in [5, 5.41) is 12.1. The molecular weight excluding hydrogens is 278 g/mol. The van der Waals surface area contributed by atoms with Crippen LogP contribution in [-0.4, -0.2) is 41.6 Å². The number of nitrogens with one attached hydrogen (secondary N) is 1. The lowest BCUT2D eigenvalue weighted by molar-refractivity contribution is -0.115. The lowest BCUT2D eigenvalue weighted by Gasteiger charge is -2.32. The minimum absolute atomic E-state index is 0.165. The van der Waals surface area contributed by atoms with Crippen LogP contribution in [-0.2, 0) is 4.79 Å². The number of benzene rings is 1. The third-order valence-corrected chi connectivity index (χ3v) is 4.14. The SMILES string of the molecule is Cc1ccc(/C=C2\N=C(N3CCC[C@@H](CO)C3)NC2=O)cc1. The first kappa shape index (κ1) is 14.8. The van der Waals surface area contributed by atoms with E-state index >= 15 is 0 Å². The highest BCUT2D eigenvalue weighted by molar-refractivity contribution is 6.13. The summed E-state index contributed by atoms with van der Waals surface area (Å²) in [6.45, 7) is 3.83. The van der Waals surface area contributed by atoms with Crippen LogP contribution in [0.3, 0.4) is 0 Å². The Morgan fingerprint density at radius 3 is 2.91 bits per heavy atom. The van der Waals surface area contributed by atoms with Crippen molar-refractivity contribution >= 4 is 17.9 Å². The standard InChI is InChI=1S/C17H21N3O2/c1-12-4-6-13(7-5-12)9-15-16(22)19-17(18-15)20-8-2-3-14(10-20)11-21/h4-7,9,14,21H,2-3,8,10-11H2,1H3,(H,18,19,22)/b15-9-/t14-/m1/s1. The molecule has 22 heavy (non-hydrogen) atoms. The van der Waals surface area contributed by atoms with E-state index in [2.05, 4.69) is 15.2 Å². The number of carbonyl (C=O) groups is 1. The Balaban J connectivity index is 1.77. The van der Waals surface area contributed by atoms with Gasteiger partial charge in [0.05, 0.1) is 0 Å². The molecule has 2 aliphatic heterocycles. The molecule has 0 aromatic heterocycles. The number of nitrogens with zero attached hydrogens (tertiary/aromatic N) is 2. The Kier molecular flexibility index (Phi) is 4.24. The molecule has 2 aliphatic rings. The molecule has 0 bridgehead atoms. The van der Waals surface area contributed by atoms with Crippen molar-refractivity contribution in [2.45, 2.75) is 19.8 Å². The molecule has 1 aromatic carbocycles. The number of hydrogen-bond donors (Lipinski definition) is 2. The predicted octanol–water partition coefficient (Wildman–Crippen LogP) is 1.53. The van der Waals surface area contributed by atoms with E-state index in [9.17, 15) is 9.90 Å². The van der Waals surface area contributed by atoms with Crippen LogP contribution in [0.25, 0.3) is 6.08 Å². The molecule has 5 heteroatoms. The van der Waals surface area contributed by atoms with Crippen molar-refractivity contribution < 1.29 is 9.90 Å². The van der Waals surface area contributed by atoms with Gasteiger partial charge in [-0.15, -0.1) is 0 Å². The Bertz CT molecular complexity index is 619. The van der Waals surface area contributed by atoms with E-state index in [1.807, 2.05) is 31.2 Å². The smallest absolute Gasteiger partial charge is 0.276 e. The van der Waals surface area contributed by atoms with E-state index in [4.69, 9.17) is 0 Å². The van der Waals surface area contributed by atoms with Crippen LogP contribution < -0.4 is 5.32 Å². The summed E-state index contributed by atoms with van der Waals surface area (Å²) < 4.78 is 0. The number of aliphatic imine (C=N–C) groups is 1. The summed E-state index contributed by atoms with van der Waals surface area (Å²) in [6, 6.07) is 7.98. The number of rotatable bonds is 2. The fourth-order valence-electron chi connectivity index (χ4n) is 2.83. The van der Waals surface area contributed by atoms with Crippen molar-refractivity contribution in [1.29, 1.82) is 0 Å². The van der Waals surface area contributed by atoms with Crippen molar-refractivity contribution in [2.24, 2.45) is 10.9 Å². The monoisotopic (exact) mass is 299 g/mol. The van der Waals surface area contributed by atoms with E-state index in [1.54, 1.807) is 6.08 Å². The number of aliphatic hydroxyl groups excluding tert-OH is 1. The number of hydrogen-bond acceptors (Lipinski definition) is 4. The van der Waals surface area contributed by atoms with Gasteiger partial charge in [0.15, 0.2) is 0 Å². The van der Waals surface area contributed by atoms with Crippen LogP contribution in [0.1, 0.15) is 24.0 Å². The number of carbonyl (C=O) groups excluding carboxylic acids is 1. The molecule has 2 N–H and O–H groups in total. The molecular formula is C17H21N3O2. The first-order chi connectivity index (χ1) is 10.7. The topological polar surface area (TPSA) is 64.9 Å². The van der Waals surface area contributed by atoms with Crippen LogP contribution in [0, 0.1) is 12.8 Å². The molecule has 0 saturated carbocycles. The lowest BCUT2D eigenvalue weighted by Crippen LogP contribution is -2.46. The molecule has 0 radical (unpaired) electrons. The molecule has 1 aromatic rings. The highest BCUT2D eigenvalue weighted by Crippen LogP contribution is 2.19. The summed E-state index contributed by atoms with van der Waals surface area (Å²) in [7, 11) is 0.